The minimum Gasteiger partial charge on any atom is -0.465 e. The number of hydrogen-bond acceptors (Lipinski definition) is 5. The average molecular weight is 312 g/mol. The molecule has 0 fully saturated rings. The van der Waals surface area contributed by atoms with Crippen LogP contribution in [0.3, 0.4) is 0 Å². The molecule has 0 aliphatic carbocycles. The molecule has 5 nitrogen and oxygen atoms in total. The first-order chi connectivity index (χ1) is 11.2. The lowest BCUT2D eigenvalue weighted by molar-refractivity contribution is 0.0548. The summed E-state index contributed by atoms with van der Waals surface area (Å²) in [5.74, 6) is -1.16. The molecule has 3 rings (SSSR count). The SMILES string of the molecule is COC(=O)c1ccc2c(c1C(=O)OC)COCc1ccccc1-2. The minimum atomic E-state index is -0.578. The van der Waals surface area contributed by atoms with Crippen LogP contribution < -0.4 is 0 Å². The highest BCUT2D eigenvalue weighted by Crippen LogP contribution is 2.35. The van der Waals surface area contributed by atoms with E-state index in [2.05, 4.69) is 0 Å². The van der Waals surface area contributed by atoms with Gasteiger partial charge < -0.3 is 14.2 Å². The Morgan fingerprint density at radius 1 is 0.913 bits per heavy atom. The fourth-order valence-corrected chi connectivity index (χ4v) is 2.84. The van der Waals surface area contributed by atoms with Gasteiger partial charge in [-0.15, -0.1) is 0 Å². The van der Waals surface area contributed by atoms with Gasteiger partial charge in [-0.1, -0.05) is 30.3 Å². The molecule has 0 radical (unpaired) electrons. The number of carbonyl (C=O) groups excluding carboxylic acids is 2. The second-order valence-corrected chi connectivity index (χ2v) is 5.15. The zero-order chi connectivity index (χ0) is 16.4. The summed E-state index contributed by atoms with van der Waals surface area (Å²) in [6.45, 7) is 0.665. The van der Waals surface area contributed by atoms with Crippen molar-refractivity contribution in [1.29, 1.82) is 0 Å². The first kappa shape index (κ1) is 15.2. The number of methoxy groups -OCH3 is 2. The molecule has 0 saturated carbocycles. The molecular formula is C18H16O5. The van der Waals surface area contributed by atoms with Gasteiger partial charge in [0.15, 0.2) is 0 Å². The van der Waals surface area contributed by atoms with Crippen molar-refractivity contribution in [2.45, 2.75) is 13.2 Å². The highest BCUT2D eigenvalue weighted by Gasteiger charge is 2.27. The van der Waals surface area contributed by atoms with E-state index in [-0.39, 0.29) is 17.7 Å². The van der Waals surface area contributed by atoms with Gasteiger partial charge in [0, 0.05) is 5.56 Å². The maximum absolute atomic E-state index is 12.3. The Balaban J connectivity index is 2.29. The van der Waals surface area contributed by atoms with Gasteiger partial charge in [-0.25, -0.2) is 9.59 Å². The van der Waals surface area contributed by atoms with E-state index in [1.807, 2.05) is 30.3 Å². The van der Waals surface area contributed by atoms with Gasteiger partial charge in [0.2, 0.25) is 0 Å². The molecule has 0 unspecified atom stereocenters. The smallest absolute Gasteiger partial charge is 0.339 e. The number of benzene rings is 2. The Bertz CT molecular complexity index is 779. The van der Waals surface area contributed by atoms with Crippen LogP contribution in [0.25, 0.3) is 11.1 Å². The number of esters is 2. The van der Waals surface area contributed by atoms with Crippen molar-refractivity contribution in [3.63, 3.8) is 0 Å². The van der Waals surface area contributed by atoms with Crippen LogP contribution in [0, 0.1) is 0 Å². The number of fused-ring (bicyclic) bond motifs is 3. The summed E-state index contributed by atoms with van der Waals surface area (Å²) in [5.41, 5.74) is 3.92. The molecule has 0 N–H and O–H groups in total. The van der Waals surface area contributed by atoms with Gasteiger partial charge in [0.25, 0.3) is 0 Å². The summed E-state index contributed by atoms with van der Waals surface area (Å²) in [4.78, 5) is 24.3. The molecule has 1 heterocycles. The molecule has 0 bridgehead atoms. The van der Waals surface area contributed by atoms with Gasteiger partial charge in [-0.3, -0.25) is 0 Å². The Kier molecular flexibility index (Phi) is 4.12. The van der Waals surface area contributed by atoms with E-state index in [0.29, 0.717) is 12.2 Å². The lowest BCUT2D eigenvalue weighted by Gasteiger charge is -2.15. The first-order valence-electron chi connectivity index (χ1n) is 7.16. The monoisotopic (exact) mass is 312 g/mol. The van der Waals surface area contributed by atoms with Crippen molar-refractivity contribution in [3.8, 4) is 11.1 Å². The van der Waals surface area contributed by atoms with Crippen LogP contribution in [0.1, 0.15) is 31.8 Å². The molecule has 5 heteroatoms. The molecule has 0 saturated heterocycles. The van der Waals surface area contributed by atoms with Crippen molar-refractivity contribution in [1.82, 2.24) is 0 Å². The van der Waals surface area contributed by atoms with Gasteiger partial charge >= 0.3 is 11.9 Å². The summed E-state index contributed by atoms with van der Waals surface area (Å²) in [7, 11) is 2.56. The summed E-state index contributed by atoms with van der Waals surface area (Å²) >= 11 is 0. The van der Waals surface area contributed by atoms with Crippen molar-refractivity contribution in [2.75, 3.05) is 14.2 Å². The second kappa shape index (κ2) is 6.22. The molecule has 0 amide bonds. The Labute approximate surface area is 133 Å². The number of ether oxygens (including phenoxy) is 3. The van der Waals surface area contributed by atoms with Gasteiger partial charge in [-0.05, 0) is 22.8 Å². The van der Waals surface area contributed by atoms with Crippen molar-refractivity contribution in [3.05, 3.63) is 58.7 Å². The van der Waals surface area contributed by atoms with Crippen LogP contribution in [-0.2, 0) is 27.4 Å². The molecule has 2 aromatic carbocycles. The third-order valence-corrected chi connectivity index (χ3v) is 3.92. The third-order valence-electron chi connectivity index (χ3n) is 3.92. The molecule has 1 aliphatic rings. The summed E-state index contributed by atoms with van der Waals surface area (Å²) in [6.07, 6.45) is 0. The van der Waals surface area contributed by atoms with Crippen LogP contribution >= 0.6 is 0 Å². The third kappa shape index (κ3) is 2.59. The molecular weight excluding hydrogens is 296 g/mol. The van der Waals surface area contributed by atoms with Crippen molar-refractivity contribution < 1.29 is 23.8 Å². The fourth-order valence-electron chi connectivity index (χ4n) is 2.84. The number of carbonyl (C=O) groups is 2. The molecule has 23 heavy (non-hydrogen) atoms. The van der Waals surface area contributed by atoms with E-state index >= 15 is 0 Å². The fraction of sp³-hybridized carbons (Fsp3) is 0.222. The van der Waals surface area contributed by atoms with Crippen LogP contribution in [-0.4, -0.2) is 26.2 Å². The molecule has 0 atom stereocenters. The van der Waals surface area contributed by atoms with Crippen LogP contribution in [0.5, 0.6) is 0 Å². The normalized spacial score (nSPS) is 12.6. The highest BCUT2D eigenvalue weighted by molar-refractivity contribution is 6.05. The Morgan fingerprint density at radius 3 is 2.39 bits per heavy atom. The van der Waals surface area contributed by atoms with E-state index in [0.717, 1.165) is 16.7 Å². The lowest BCUT2D eigenvalue weighted by Crippen LogP contribution is -2.15. The van der Waals surface area contributed by atoms with Crippen molar-refractivity contribution >= 4 is 11.9 Å². The predicted molar refractivity (Wildman–Crippen MR) is 83.1 cm³/mol. The topological polar surface area (TPSA) is 61.8 Å². The van der Waals surface area contributed by atoms with Crippen molar-refractivity contribution in [2.24, 2.45) is 0 Å². The van der Waals surface area contributed by atoms with E-state index in [1.165, 1.54) is 14.2 Å². The van der Waals surface area contributed by atoms with Crippen LogP contribution in [0.2, 0.25) is 0 Å². The van der Waals surface area contributed by atoms with Gasteiger partial charge in [-0.2, -0.15) is 0 Å². The van der Waals surface area contributed by atoms with E-state index in [1.54, 1.807) is 6.07 Å². The Hall–Kier alpha value is -2.66. The van der Waals surface area contributed by atoms with Crippen LogP contribution in [0.15, 0.2) is 36.4 Å². The predicted octanol–water partition coefficient (Wildman–Crippen LogP) is 2.96. The largest absolute Gasteiger partial charge is 0.465 e. The van der Waals surface area contributed by atoms with Gasteiger partial charge in [0.1, 0.15) is 0 Å². The molecule has 2 aromatic rings. The molecule has 118 valence electrons. The van der Waals surface area contributed by atoms with Gasteiger partial charge in [0.05, 0.1) is 38.6 Å². The van der Waals surface area contributed by atoms with Crippen LogP contribution in [0.4, 0.5) is 0 Å². The van der Waals surface area contributed by atoms with E-state index in [4.69, 9.17) is 14.2 Å². The summed E-state index contributed by atoms with van der Waals surface area (Å²) in [6, 6.07) is 11.2. The number of hydrogen-bond donors (Lipinski definition) is 0. The molecule has 0 aromatic heterocycles. The quantitative estimate of drug-likeness (QED) is 0.798. The Morgan fingerprint density at radius 2 is 1.65 bits per heavy atom. The minimum absolute atomic E-state index is 0.182. The zero-order valence-electron chi connectivity index (χ0n) is 12.9. The molecule has 0 spiro atoms. The lowest BCUT2D eigenvalue weighted by atomic mass is 9.91. The zero-order valence-corrected chi connectivity index (χ0v) is 12.9. The molecule has 1 aliphatic heterocycles. The summed E-state index contributed by atoms with van der Waals surface area (Å²) < 4.78 is 15.3. The maximum Gasteiger partial charge on any atom is 0.339 e. The summed E-state index contributed by atoms with van der Waals surface area (Å²) in [5, 5.41) is 0. The number of rotatable bonds is 2. The standard InChI is InChI=1S/C18H16O5/c1-21-17(19)14-8-7-13-12-6-4-3-5-11(12)9-23-10-15(13)16(14)18(20)22-2/h3-8H,9-10H2,1-2H3. The van der Waals surface area contributed by atoms with E-state index in [9.17, 15) is 9.59 Å². The second-order valence-electron chi connectivity index (χ2n) is 5.15. The highest BCUT2D eigenvalue weighted by atomic mass is 16.5. The maximum atomic E-state index is 12.3. The average Bonchev–Trinajstić information content (AvgIpc) is 2.78. The first-order valence-corrected chi connectivity index (χ1v) is 7.16. The van der Waals surface area contributed by atoms with E-state index < -0.39 is 11.9 Å².